The molecule has 1 aliphatic heterocycles. The standard InChI is InChI=1S/C15H18F3N3O3/c1-24-12-5-3-2-4-11(12)20-6-8-21(9-7-20)13(22)10-19-14(23)15(16,17)18/h2-5H,6-10H2,1H3,(H,19,23). The second-order valence-corrected chi connectivity index (χ2v) is 5.22. The Hall–Kier alpha value is -2.45. The van der Waals surface area contributed by atoms with Crippen molar-refractivity contribution in [2.75, 3.05) is 44.7 Å². The van der Waals surface area contributed by atoms with Crippen molar-refractivity contribution in [3.05, 3.63) is 24.3 Å². The van der Waals surface area contributed by atoms with Crippen LogP contribution in [-0.4, -0.2) is 62.7 Å². The molecule has 132 valence electrons. The van der Waals surface area contributed by atoms with E-state index in [9.17, 15) is 22.8 Å². The molecule has 6 nitrogen and oxygen atoms in total. The third-order valence-electron chi connectivity index (χ3n) is 3.72. The first-order valence-corrected chi connectivity index (χ1v) is 7.33. The van der Waals surface area contributed by atoms with E-state index in [0.717, 1.165) is 11.4 Å². The number of nitrogens with zero attached hydrogens (tertiary/aromatic N) is 2. The maximum atomic E-state index is 12.1. The number of ether oxygens (including phenoxy) is 1. The Bertz CT molecular complexity index is 599. The van der Waals surface area contributed by atoms with Crippen LogP contribution in [0.3, 0.4) is 0 Å². The maximum absolute atomic E-state index is 12.1. The smallest absolute Gasteiger partial charge is 0.471 e. The molecule has 0 spiro atoms. The fraction of sp³-hybridized carbons (Fsp3) is 0.467. The Morgan fingerprint density at radius 2 is 1.79 bits per heavy atom. The normalized spacial score (nSPS) is 15.2. The van der Waals surface area contributed by atoms with E-state index < -0.39 is 24.5 Å². The number of methoxy groups -OCH3 is 1. The topological polar surface area (TPSA) is 61.9 Å². The average molecular weight is 345 g/mol. The molecule has 0 radical (unpaired) electrons. The lowest BCUT2D eigenvalue weighted by molar-refractivity contribution is -0.174. The first-order chi connectivity index (χ1) is 11.3. The first kappa shape index (κ1) is 17.9. The number of alkyl halides is 3. The van der Waals surface area contributed by atoms with Crippen LogP contribution in [0.1, 0.15) is 0 Å². The molecule has 0 aliphatic carbocycles. The van der Waals surface area contributed by atoms with E-state index in [1.165, 1.54) is 4.90 Å². The van der Waals surface area contributed by atoms with Crippen LogP contribution in [0, 0.1) is 0 Å². The summed E-state index contributed by atoms with van der Waals surface area (Å²) in [5.74, 6) is -1.93. The predicted molar refractivity (Wildman–Crippen MR) is 80.9 cm³/mol. The number of piperazine rings is 1. The summed E-state index contributed by atoms with van der Waals surface area (Å²) in [6.45, 7) is 1.11. The second kappa shape index (κ2) is 7.41. The predicted octanol–water partition coefficient (Wildman–Crippen LogP) is 1.02. The van der Waals surface area contributed by atoms with E-state index in [4.69, 9.17) is 4.74 Å². The minimum Gasteiger partial charge on any atom is -0.495 e. The molecule has 1 aliphatic rings. The molecule has 1 heterocycles. The summed E-state index contributed by atoms with van der Waals surface area (Å²) in [4.78, 5) is 26.1. The molecule has 0 bridgehead atoms. The maximum Gasteiger partial charge on any atom is 0.471 e. The lowest BCUT2D eigenvalue weighted by Gasteiger charge is -2.36. The summed E-state index contributed by atoms with van der Waals surface area (Å²) in [6.07, 6.45) is -4.98. The Kier molecular flexibility index (Phi) is 5.53. The van der Waals surface area contributed by atoms with Crippen LogP contribution in [0.25, 0.3) is 0 Å². The van der Waals surface area contributed by atoms with E-state index in [-0.39, 0.29) is 0 Å². The number of amides is 2. The SMILES string of the molecule is COc1ccccc1N1CCN(C(=O)CNC(=O)C(F)(F)F)CC1. The van der Waals surface area contributed by atoms with Gasteiger partial charge >= 0.3 is 12.1 Å². The van der Waals surface area contributed by atoms with Gasteiger partial charge in [0, 0.05) is 26.2 Å². The van der Waals surface area contributed by atoms with Gasteiger partial charge in [0.25, 0.3) is 0 Å². The van der Waals surface area contributed by atoms with Crippen LogP contribution in [0.2, 0.25) is 0 Å². The van der Waals surface area contributed by atoms with Gasteiger partial charge in [-0.15, -0.1) is 0 Å². The van der Waals surface area contributed by atoms with Gasteiger partial charge in [0.2, 0.25) is 5.91 Å². The quantitative estimate of drug-likeness (QED) is 0.885. The Morgan fingerprint density at radius 3 is 2.38 bits per heavy atom. The van der Waals surface area contributed by atoms with Gasteiger partial charge in [-0.2, -0.15) is 13.2 Å². The molecule has 1 aromatic carbocycles. The average Bonchev–Trinajstić information content (AvgIpc) is 2.58. The highest BCUT2D eigenvalue weighted by molar-refractivity contribution is 5.87. The van der Waals surface area contributed by atoms with Gasteiger partial charge in [0.15, 0.2) is 0 Å². The van der Waals surface area contributed by atoms with Crippen molar-refractivity contribution >= 4 is 17.5 Å². The second-order valence-electron chi connectivity index (χ2n) is 5.22. The van der Waals surface area contributed by atoms with E-state index in [1.807, 2.05) is 29.2 Å². The minimum atomic E-state index is -4.98. The van der Waals surface area contributed by atoms with Crippen LogP contribution in [0.5, 0.6) is 5.75 Å². The molecule has 24 heavy (non-hydrogen) atoms. The van der Waals surface area contributed by atoms with E-state index in [2.05, 4.69) is 0 Å². The zero-order valence-electron chi connectivity index (χ0n) is 13.1. The van der Waals surface area contributed by atoms with Crippen molar-refractivity contribution in [3.8, 4) is 5.75 Å². The molecular weight excluding hydrogens is 327 g/mol. The van der Waals surface area contributed by atoms with Gasteiger partial charge < -0.3 is 19.9 Å². The molecule has 0 saturated carbocycles. The van der Waals surface area contributed by atoms with Gasteiger partial charge in [-0.3, -0.25) is 9.59 Å². The van der Waals surface area contributed by atoms with Crippen LogP contribution >= 0.6 is 0 Å². The number of halogens is 3. The number of hydrogen-bond donors (Lipinski definition) is 1. The number of para-hydroxylation sites is 2. The number of hydrogen-bond acceptors (Lipinski definition) is 4. The summed E-state index contributed by atoms with van der Waals surface area (Å²) < 4.78 is 41.6. The van der Waals surface area contributed by atoms with Gasteiger partial charge in [0.1, 0.15) is 5.75 Å². The number of nitrogens with one attached hydrogen (secondary N) is 1. The highest BCUT2D eigenvalue weighted by Crippen LogP contribution is 2.28. The summed E-state index contributed by atoms with van der Waals surface area (Å²) in [5, 5.41) is 1.59. The fourth-order valence-corrected chi connectivity index (χ4v) is 2.46. The number of benzene rings is 1. The molecule has 1 saturated heterocycles. The summed E-state index contributed by atoms with van der Waals surface area (Å²) in [6, 6.07) is 7.47. The molecule has 1 N–H and O–H groups in total. The zero-order chi connectivity index (χ0) is 17.7. The summed E-state index contributed by atoms with van der Waals surface area (Å²) in [5.41, 5.74) is 0.900. The molecular formula is C15H18F3N3O3. The van der Waals surface area contributed by atoms with Gasteiger partial charge in [-0.05, 0) is 12.1 Å². The number of rotatable bonds is 4. The molecule has 0 unspecified atom stereocenters. The Balaban J connectivity index is 1.86. The molecule has 2 rings (SSSR count). The zero-order valence-corrected chi connectivity index (χ0v) is 13.1. The molecule has 0 aromatic heterocycles. The van der Waals surface area contributed by atoms with Crippen molar-refractivity contribution in [3.63, 3.8) is 0 Å². The van der Waals surface area contributed by atoms with Crippen molar-refractivity contribution in [2.24, 2.45) is 0 Å². The molecule has 1 fully saturated rings. The largest absolute Gasteiger partial charge is 0.495 e. The van der Waals surface area contributed by atoms with Gasteiger partial charge in [-0.25, -0.2) is 0 Å². The number of carbonyl (C=O) groups excluding carboxylic acids is 2. The molecule has 1 aromatic rings. The van der Waals surface area contributed by atoms with E-state index >= 15 is 0 Å². The molecule has 9 heteroatoms. The van der Waals surface area contributed by atoms with Crippen LogP contribution in [-0.2, 0) is 9.59 Å². The molecule has 0 atom stereocenters. The summed E-state index contributed by atoms with van der Waals surface area (Å²) >= 11 is 0. The minimum absolute atomic E-state index is 0.360. The summed E-state index contributed by atoms with van der Waals surface area (Å²) in [7, 11) is 1.57. The van der Waals surface area contributed by atoms with Gasteiger partial charge in [0.05, 0.1) is 19.3 Å². The van der Waals surface area contributed by atoms with Crippen molar-refractivity contribution in [2.45, 2.75) is 6.18 Å². The fourth-order valence-electron chi connectivity index (χ4n) is 2.46. The first-order valence-electron chi connectivity index (χ1n) is 7.33. The van der Waals surface area contributed by atoms with Crippen molar-refractivity contribution < 1.29 is 27.5 Å². The van der Waals surface area contributed by atoms with Crippen molar-refractivity contribution in [1.82, 2.24) is 10.2 Å². The van der Waals surface area contributed by atoms with Gasteiger partial charge in [-0.1, -0.05) is 12.1 Å². The lowest BCUT2D eigenvalue weighted by atomic mass is 10.2. The number of carbonyl (C=O) groups is 2. The lowest BCUT2D eigenvalue weighted by Crippen LogP contribution is -2.52. The van der Waals surface area contributed by atoms with Crippen molar-refractivity contribution in [1.29, 1.82) is 0 Å². The highest BCUT2D eigenvalue weighted by atomic mass is 19.4. The molecule has 2 amide bonds. The Morgan fingerprint density at radius 1 is 1.17 bits per heavy atom. The van der Waals surface area contributed by atoms with Crippen LogP contribution < -0.4 is 15.0 Å². The van der Waals surface area contributed by atoms with E-state index in [0.29, 0.717) is 26.2 Å². The third-order valence-corrected chi connectivity index (χ3v) is 3.72. The van der Waals surface area contributed by atoms with Crippen LogP contribution in [0.15, 0.2) is 24.3 Å². The number of anilines is 1. The van der Waals surface area contributed by atoms with Crippen LogP contribution in [0.4, 0.5) is 18.9 Å². The third kappa shape index (κ3) is 4.30. The Labute approximate surface area is 137 Å². The van der Waals surface area contributed by atoms with E-state index in [1.54, 1.807) is 12.4 Å². The monoisotopic (exact) mass is 345 g/mol. The highest BCUT2D eigenvalue weighted by Gasteiger charge is 2.38.